The minimum atomic E-state index is -0.273. The van der Waals surface area contributed by atoms with Crippen molar-refractivity contribution in [1.29, 1.82) is 5.26 Å². The van der Waals surface area contributed by atoms with Crippen molar-refractivity contribution in [2.45, 2.75) is 63.8 Å². The molecule has 0 spiro atoms. The van der Waals surface area contributed by atoms with Crippen molar-refractivity contribution in [3.8, 4) is 28.8 Å². The van der Waals surface area contributed by atoms with Gasteiger partial charge < -0.3 is 19.5 Å². The number of morpholine rings is 1. The topological polar surface area (TPSA) is 172 Å². The van der Waals surface area contributed by atoms with Crippen LogP contribution < -0.4 is 14.8 Å². The van der Waals surface area contributed by atoms with Gasteiger partial charge in [0.15, 0.2) is 0 Å². The van der Waals surface area contributed by atoms with Gasteiger partial charge in [-0.15, -0.1) is 10.2 Å². The molecule has 1 aromatic carbocycles. The maximum atomic E-state index is 9.68. The summed E-state index contributed by atoms with van der Waals surface area (Å²) in [4.78, 5) is 11.8. The molecule has 50 heavy (non-hydrogen) atoms. The zero-order valence-corrected chi connectivity index (χ0v) is 28.3. The van der Waals surface area contributed by atoms with E-state index in [4.69, 9.17) is 19.3 Å². The number of tetrazole rings is 1. The lowest BCUT2D eigenvalue weighted by molar-refractivity contribution is 0.00503. The van der Waals surface area contributed by atoms with Gasteiger partial charge in [-0.2, -0.15) is 10.4 Å². The quantitative estimate of drug-likeness (QED) is 0.192. The molecular weight excluding hydrogens is 638 g/mol. The van der Waals surface area contributed by atoms with Gasteiger partial charge in [-0.25, -0.2) is 14.6 Å². The van der Waals surface area contributed by atoms with Gasteiger partial charge in [-0.05, 0) is 66.8 Å². The Morgan fingerprint density at radius 3 is 2.56 bits per heavy atom. The Kier molecular flexibility index (Phi) is 10.2. The van der Waals surface area contributed by atoms with E-state index in [0.717, 1.165) is 68.8 Å². The average Bonchev–Trinajstić information content (AvgIpc) is 3.91. The number of aryl methyl sites for hydroxylation is 1. The molecule has 0 bridgehead atoms. The van der Waals surface area contributed by atoms with Crippen molar-refractivity contribution in [3.05, 3.63) is 66.6 Å². The summed E-state index contributed by atoms with van der Waals surface area (Å²) in [6, 6.07) is 10.5. The standard InChI is InChI=1S/C34H41N13O3/c1-24(21-46-23-38-42-43-46)50-32-17-25(3-4-26(32)18-35)27-19-36-34(37-20-27)39-31-22-47(41-33(31)49-14-10-28-9-11-44(2)40-28)30-7-5-29(6-8-30)45-12-15-48-16-13-45/h3-4,9,11,17,19-20,22-24,29-30H,5-8,10,12-16,21H2,1-2H3,(H,36,37,39)/t24-,29?,30?/m0/s1. The first kappa shape index (κ1) is 33.1. The SMILES string of the molecule is C[C@@H](Cn1cnnn1)Oc1cc(-c2cnc(Nc3cn(C4CCC(N5CCOCC5)CC4)nc3OCCc3ccn(C)n3)nc2)ccc1C#N. The van der Waals surface area contributed by atoms with E-state index in [-0.39, 0.29) is 12.1 Å². The molecule has 1 saturated carbocycles. The zero-order chi connectivity index (χ0) is 34.3. The number of hydrogen-bond acceptors (Lipinski definition) is 13. The van der Waals surface area contributed by atoms with E-state index in [1.807, 2.05) is 49.2 Å². The van der Waals surface area contributed by atoms with Crippen LogP contribution in [0.15, 0.2) is 55.4 Å². The molecule has 5 heterocycles. The Balaban J connectivity index is 1.04. The number of benzene rings is 1. The fourth-order valence-corrected chi connectivity index (χ4v) is 6.57. The molecule has 16 nitrogen and oxygen atoms in total. The average molecular weight is 680 g/mol. The Labute approximate surface area is 290 Å². The third kappa shape index (κ3) is 8.07. The second kappa shape index (κ2) is 15.4. The Bertz CT molecular complexity index is 1870. The Hall–Kier alpha value is -5.40. The van der Waals surface area contributed by atoms with Crippen LogP contribution in [0, 0.1) is 11.3 Å². The van der Waals surface area contributed by atoms with Crippen LogP contribution in [0.2, 0.25) is 0 Å². The first-order valence-electron chi connectivity index (χ1n) is 17.0. The normalized spacial score (nSPS) is 18.7. The first-order chi connectivity index (χ1) is 24.5. The number of nitrogens with zero attached hydrogens (tertiary/aromatic N) is 12. The highest BCUT2D eigenvalue weighted by atomic mass is 16.5. The number of anilines is 2. The van der Waals surface area contributed by atoms with Crippen LogP contribution in [0.3, 0.4) is 0 Å². The van der Waals surface area contributed by atoms with Crippen LogP contribution in [0.4, 0.5) is 11.6 Å². The number of rotatable bonds is 13. The van der Waals surface area contributed by atoms with Gasteiger partial charge in [0, 0.05) is 56.8 Å². The Morgan fingerprint density at radius 2 is 1.84 bits per heavy atom. The third-order valence-electron chi connectivity index (χ3n) is 9.16. The number of aromatic nitrogens is 10. The second-order valence-electron chi connectivity index (χ2n) is 12.7. The summed E-state index contributed by atoms with van der Waals surface area (Å²) >= 11 is 0. The number of hydrogen-bond donors (Lipinski definition) is 1. The van der Waals surface area contributed by atoms with Crippen molar-refractivity contribution in [2.24, 2.45) is 7.05 Å². The van der Waals surface area contributed by atoms with E-state index >= 15 is 0 Å². The van der Waals surface area contributed by atoms with Crippen molar-refractivity contribution in [1.82, 2.24) is 54.6 Å². The van der Waals surface area contributed by atoms with Gasteiger partial charge in [0.25, 0.3) is 5.88 Å². The molecule has 260 valence electrons. The highest BCUT2D eigenvalue weighted by Crippen LogP contribution is 2.35. The van der Waals surface area contributed by atoms with E-state index in [1.54, 1.807) is 27.8 Å². The number of ether oxygens (including phenoxy) is 3. The van der Waals surface area contributed by atoms with Gasteiger partial charge in [0.05, 0.1) is 49.9 Å². The highest BCUT2D eigenvalue weighted by molar-refractivity contribution is 5.67. The zero-order valence-electron chi connectivity index (χ0n) is 28.3. The lowest BCUT2D eigenvalue weighted by Crippen LogP contribution is -2.45. The molecule has 1 saturated heterocycles. The van der Waals surface area contributed by atoms with Crippen LogP contribution in [0.25, 0.3) is 11.1 Å². The van der Waals surface area contributed by atoms with E-state index in [2.05, 4.69) is 46.9 Å². The molecule has 0 amide bonds. The maximum Gasteiger partial charge on any atom is 0.256 e. The lowest BCUT2D eigenvalue weighted by Gasteiger charge is -2.38. The fourth-order valence-electron chi connectivity index (χ4n) is 6.57. The van der Waals surface area contributed by atoms with Crippen LogP contribution in [-0.4, -0.2) is 99.7 Å². The summed E-state index contributed by atoms with van der Waals surface area (Å²) in [5.41, 5.74) is 3.69. The third-order valence-corrected chi connectivity index (χ3v) is 9.16. The van der Waals surface area contributed by atoms with Crippen LogP contribution in [-0.2, 0) is 24.8 Å². The fraction of sp³-hybridized carbons (Fsp3) is 0.471. The molecular formula is C34H41N13O3. The van der Waals surface area contributed by atoms with E-state index in [1.165, 1.54) is 6.33 Å². The van der Waals surface area contributed by atoms with E-state index in [0.29, 0.717) is 54.4 Å². The van der Waals surface area contributed by atoms with Crippen molar-refractivity contribution in [3.63, 3.8) is 0 Å². The summed E-state index contributed by atoms with van der Waals surface area (Å²) in [6.45, 7) is 6.44. The molecule has 5 aromatic rings. The molecule has 4 aromatic heterocycles. The molecule has 0 unspecified atom stereocenters. The smallest absolute Gasteiger partial charge is 0.256 e. The highest BCUT2D eigenvalue weighted by Gasteiger charge is 2.29. The maximum absolute atomic E-state index is 9.68. The largest absolute Gasteiger partial charge is 0.487 e. The summed E-state index contributed by atoms with van der Waals surface area (Å²) in [6.07, 6.45) is 13.7. The van der Waals surface area contributed by atoms with Gasteiger partial charge in [-0.3, -0.25) is 14.3 Å². The van der Waals surface area contributed by atoms with Gasteiger partial charge >= 0.3 is 0 Å². The number of nitriles is 1. The van der Waals surface area contributed by atoms with Crippen LogP contribution in [0.1, 0.15) is 49.9 Å². The van der Waals surface area contributed by atoms with Crippen molar-refractivity contribution < 1.29 is 14.2 Å². The molecule has 7 rings (SSSR count). The first-order valence-corrected chi connectivity index (χ1v) is 17.0. The minimum absolute atomic E-state index is 0.273. The van der Waals surface area contributed by atoms with Gasteiger partial charge in [0.1, 0.15) is 29.9 Å². The Morgan fingerprint density at radius 1 is 1.04 bits per heavy atom. The summed E-state index contributed by atoms with van der Waals surface area (Å²) < 4.78 is 23.3. The molecule has 2 aliphatic rings. The lowest BCUT2D eigenvalue weighted by atomic mass is 9.90. The summed E-state index contributed by atoms with van der Waals surface area (Å²) in [7, 11) is 1.90. The summed E-state index contributed by atoms with van der Waals surface area (Å²) in [5.74, 6) is 1.39. The molecule has 1 N–H and O–H groups in total. The van der Waals surface area contributed by atoms with E-state index < -0.39 is 0 Å². The molecule has 1 aliphatic carbocycles. The molecule has 1 aliphatic heterocycles. The van der Waals surface area contributed by atoms with Crippen LogP contribution >= 0.6 is 0 Å². The van der Waals surface area contributed by atoms with Crippen LogP contribution in [0.5, 0.6) is 11.6 Å². The summed E-state index contributed by atoms with van der Waals surface area (Å²) in [5, 5.41) is 33.6. The van der Waals surface area contributed by atoms with Crippen molar-refractivity contribution >= 4 is 11.6 Å². The van der Waals surface area contributed by atoms with Gasteiger partial charge in [0.2, 0.25) is 5.95 Å². The molecule has 0 radical (unpaired) electrons. The molecule has 2 fully saturated rings. The number of nitrogens with one attached hydrogen (secondary N) is 1. The van der Waals surface area contributed by atoms with Crippen molar-refractivity contribution in [2.75, 3.05) is 38.2 Å². The van der Waals surface area contributed by atoms with Gasteiger partial charge in [-0.1, -0.05) is 6.07 Å². The molecule has 1 atom stereocenters. The minimum Gasteiger partial charge on any atom is -0.487 e. The molecule has 16 heteroatoms. The monoisotopic (exact) mass is 679 g/mol. The second-order valence-corrected chi connectivity index (χ2v) is 12.7. The predicted molar refractivity (Wildman–Crippen MR) is 182 cm³/mol. The van der Waals surface area contributed by atoms with E-state index in [9.17, 15) is 5.26 Å². The predicted octanol–water partition coefficient (Wildman–Crippen LogP) is 3.58.